The number of carboxylic acids is 2. The van der Waals surface area contributed by atoms with E-state index in [-0.39, 0.29) is 22.7 Å². The van der Waals surface area contributed by atoms with Crippen LogP contribution in [0.2, 0.25) is 0 Å². The average Bonchev–Trinajstić information content (AvgIpc) is 2.77. The molecule has 0 aromatic carbocycles. The van der Waals surface area contributed by atoms with E-state index in [9.17, 15) is 35.1 Å². The summed E-state index contributed by atoms with van der Waals surface area (Å²) in [6.45, 7) is 12.4. The number of carboxylic acid groups (broad SMARTS) is 2. The summed E-state index contributed by atoms with van der Waals surface area (Å²) in [5.74, 6) is -2.24. The standard InChI is InChI=1S/C30H46O7/c1-24(2)11-13-29(23(35)36)14-12-27(5)20(30(29,37)16-24)8-7-18-25(3)15-17(31)21(32)28(6,22(33)34)19(25)9-10-26(18,27)4/h8,17-19,21,31-32,37H,7,9-16H2,1-6H3,(H,33,34)(H,35,36). The second-order valence-electron chi connectivity index (χ2n) is 15.1. The lowest BCUT2D eigenvalue weighted by molar-refractivity contribution is -0.247. The topological polar surface area (TPSA) is 135 Å². The summed E-state index contributed by atoms with van der Waals surface area (Å²) in [6.07, 6.45) is 4.63. The molecule has 5 aliphatic carbocycles. The van der Waals surface area contributed by atoms with Crippen molar-refractivity contribution < 1.29 is 35.1 Å². The molecule has 5 rings (SSSR count). The van der Waals surface area contributed by atoms with E-state index in [1.807, 2.05) is 0 Å². The Morgan fingerprint density at radius 1 is 0.865 bits per heavy atom. The molecule has 0 aromatic rings. The van der Waals surface area contributed by atoms with Crippen molar-refractivity contribution in [3.63, 3.8) is 0 Å². The molecule has 4 fully saturated rings. The molecular formula is C30H46O7. The van der Waals surface area contributed by atoms with Crippen LogP contribution in [0.15, 0.2) is 11.6 Å². The van der Waals surface area contributed by atoms with Crippen LogP contribution in [0.4, 0.5) is 0 Å². The molecule has 0 heterocycles. The van der Waals surface area contributed by atoms with E-state index < -0.39 is 51.4 Å². The zero-order chi connectivity index (χ0) is 27.6. The normalized spacial score (nSPS) is 54.6. The number of aliphatic hydroxyl groups is 3. The van der Waals surface area contributed by atoms with Crippen LogP contribution in [0.5, 0.6) is 0 Å². The first-order valence-electron chi connectivity index (χ1n) is 14.1. The van der Waals surface area contributed by atoms with Gasteiger partial charge in [0.1, 0.15) is 11.0 Å². The molecule has 4 saturated carbocycles. The molecule has 0 bridgehead atoms. The predicted molar refractivity (Wildman–Crippen MR) is 137 cm³/mol. The quantitative estimate of drug-likeness (QED) is 0.342. The average molecular weight is 519 g/mol. The summed E-state index contributed by atoms with van der Waals surface area (Å²) in [6, 6.07) is 0. The van der Waals surface area contributed by atoms with E-state index in [0.29, 0.717) is 44.9 Å². The third kappa shape index (κ3) is 3.00. The number of aliphatic hydroxyl groups excluding tert-OH is 2. The van der Waals surface area contributed by atoms with Gasteiger partial charge in [-0.2, -0.15) is 0 Å². The molecule has 7 heteroatoms. The van der Waals surface area contributed by atoms with Gasteiger partial charge in [-0.15, -0.1) is 0 Å². The molecule has 0 aromatic heterocycles. The van der Waals surface area contributed by atoms with Gasteiger partial charge in [0.25, 0.3) is 0 Å². The third-order valence-corrected chi connectivity index (χ3v) is 13.2. The molecule has 208 valence electrons. The fraction of sp³-hybridized carbons (Fsp3) is 0.867. The largest absolute Gasteiger partial charge is 0.481 e. The van der Waals surface area contributed by atoms with Gasteiger partial charge in [0, 0.05) is 0 Å². The number of hydrogen-bond donors (Lipinski definition) is 5. The highest BCUT2D eigenvalue weighted by Gasteiger charge is 2.74. The molecule has 0 radical (unpaired) electrons. The number of carbonyl (C=O) groups is 2. The third-order valence-electron chi connectivity index (χ3n) is 13.2. The maximum Gasteiger partial charge on any atom is 0.312 e. The van der Waals surface area contributed by atoms with Crippen molar-refractivity contribution in [2.75, 3.05) is 0 Å². The Kier molecular flexibility index (Phi) is 5.58. The van der Waals surface area contributed by atoms with Gasteiger partial charge < -0.3 is 25.5 Å². The zero-order valence-electron chi connectivity index (χ0n) is 23.3. The SMILES string of the molecule is CC1(C)CCC2(C(=O)O)CCC3(C)C(=CCC4C5(C)CC(O)C(O)C(C)(C(=O)O)C5CCC43C)C2(O)C1. The summed E-state index contributed by atoms with van der Waals surface area (Å²) in [7, 11) is 0. The molecular weight excluding hydrogens is 472 g/mol. The van der Waals surface area contributed by atoms with E-state index in [0.717, 1.165) is 18.4 Å². The lowest BCUT2D eigenvalue weighted by Gasteiger charge is -2.72. The maximum atomic E-state index is 12.8. The van der Waals surface area contributed by atoms with E-state index in [4.69, 9.17) is 0 Å². The van der Waals surface area contributed by atoms with Crippen LogP contribution < -0.4 is 0 Å². The highest BCUT2D eigenvalue weighted by atomic mass is 16.4. The Hall–Kier alpha value is -1.44. The first-order valence-corrected chi connectivity index (χ1v) is 14.1. The van der Waals surface area contributed by atoms with Gasteiger partial charge in [-0.05, 0) is 104 Å². The zero-order valence-corrected chi connectivity index (χ0v) is 23.3. The van der Waals surface area contributed by atoms with Crippen molar-refractivity contribution >= 4 is 11.9 Å². The van der Waals surface area contributed by atoms with Crippen molar-refractivity contribution in [2.45, 2.75) is 117 Å². The summed E-state index contributed by atoms with van der Waals surface area (Å²) in [4.78, 5) is 25.4. The summed E-state index contributed by atoms with van der Waals surface area (Å²) >= 11 is 0. The van der Waals surface area contributed by atoms with Crippen LogP contribution in [-0.4, -0.2) is 55.3 Å². The molecule has 0 amide bonds. The smallest absolute Gasteiger partial charge is 0.312 e. The fourth-order valence-corrected chi connectivity index (χ4v) is 10.9. The molecule has 5 N–H and O–H groups in total. The van der Waals surface area contributed by atoms with Crippen LogP contribution in [0.1, 0.15) is 99.3 Å². The molecule has 10 atom stereocenters. The summed E-state index contributed by atoms with van der Waals surface area (Å²) in [5.41, 5.74) is -4.67. The van der Waals surface area contributed by atoms with Gasteiger partial charge in [-0.3, -0.25) is 9.59 Å². The van der Waals surface area contributed by atoms with Crippen molar-refractivity contribution in [1.29, 1.82) is 0 Å². The van der Waals surface area contributed by atoms with Crippen LogP contribution in [0, 0.1) is 44.3 Å². The molecule has 37 heavy (non-hydrogen) atoms. The van der Waals surface area contributed by atoms with E-state index >= 15 is 0 Å². The fourth-order valence-electron chi connectivity index (χ4n) is 10.9. The van der Waals surface area contributed by atoms with Crippen LogP contribution >= 0.6 is 0 Å². The van der Waals surface area contributed by atoms with E-state index in [2.05, 4.69) is 40.7 Å². The van der Waals surface area contributed by atoms with Crippen molar-refractivity contribution in [3.05, 3.63) is 11.6 Å². The van der Waals surface area contributed by atoms with Crippen LogP contribution in [0.25, 0.3) is 0 Å². The number of fused-ring (bicyclic) bond motifs is 7. The van der Waals surface area contributed by atoms with Gasteiger partial charge >= 0.3 is 11.9 Å². The maximum absolute atomic E-state index is 12.8. The van der Waals surface area contributed by atoms with Gasteiger partial charge in [-0.1, -0.05) is 40.7 Å². The molecule has 0 aliphatic heterocycles. The van der Waals surface area contributed by atoms with E-state index in [1.165, 1.54) is 0 Å². The second-order valence-corrected chi connectivity index (χ2v) is 15.1. The van der Waals surface area contributed by atoms with Crippen LogP contribution in [-0.2, 0) is 9.59 Å². The first kappa shape index (κ1) is 27.1. The van der Waals surface area contributed by atoms with Gasteiger partial charge in [0.15, 0.2) is 0 Å². The monoisotopic (exact) mass is 518 g/mol. The summed E-state index contributed by atoms with van der Waals surface area (Å²) in [5, 5.41) is 55.1. The number of aliphatic carboxylic acids is 2. The summed E-state index contributed by atoms with van der Waals surface area (Å²) < 4.78 is 0. The molecule has 0 saturated heterocycles. The minimum atomic E-state index is -1.45. The van der Waals surface area contributed by atoms with Crippen molar-refractivity contribution in [1.82, 2.24) is 0 Å². The van der Waals surface area contributed by atoms with Gasteiger partial charge in [-0.25, -0.2) is 0 Å². The van der Waals surface area contributed by atoms with Crippen molar-refractivity contribution in [3.8, 4) is 0 Å². The molecule has 7 nitrogen and oxygen atoms in total. The minimum absolute atomic E-state index is 0.0332. The first-order chi connectivity index (χ1) is 16.9. The Bertz CT molecular complexity index is 1070. The minimum Gasteiger partial charge on any atom is -0.481 e. The highest BCUT2D eigenvalue weighted by Crippen LogP contribution is 2.76. The second kappa shape index (κ2) is 7.60. The van der Waals surface area contributed by atoms with E-state index in [1.54, 1.807) is 6.92 Å². The number of hydrogen-bond acceptors (Lipinski definition) is 5. The number of allylic oxidation sites excluding steroid dienone is 1. The van der Waals surface area contributed by atoms with Gasteiger partial charge in [0.2, 0.25) is 0 Å². The molecule has 5 aliphatic rings. The number of rotatable bonds is 2. The molecule has 0 spiro atoms. The lowest BCUT2D eigenvalue weighted by atomic mass is 9.32. The Balaban J connectivity index is 1.66. The highest BCUT2D eigenvalue weighted by molar-refractivity contribution is 5.79. The van der Waals surface area contributed by atoms with Gasteiger partial charge in [0.05, 0.1) is 17.6 Å². The Labute approximate surface area is 220 Å². The molecule has 10 unspecified atom stereocenters. The van der Waals surface area contributed by atoms with Crippen LogP contribution in [0.3, 0.4) is 0 Å². The van der Waals surface area contributed by atoms with Crippen molar-refractivity contribution in [2.24, 2.45) is 44.3 Å². The predicted octanol–water partition coefficient (Wildman–Crippen LogP) is 4.38. The lowest BCUT2D eigenvalue weighted by Crippen LogP contribution is -2.71. The Morgan fingerprint density at radius 3 is 2.08 bits per heavy atom. The Morgan fingerprint density at radius 2 is 1.49 bits per heavy atom.